The van der Waals surface area contributed by atoms with E-state index in [4.69, 9.17) is 19.2 Å². The molecule has 2 aromatic heterocycles. The van der Waals surface area contributed by atoms with E-state index in [2.05, 4.69) is 19.9 Å². The normalized spacial score (nSPS) is 10.8. The van der Waals surface area contributed by atoms with E-state index in [-0.39, 0.29) is 0 Å². The maximum atomic E-state index is 8.88. The second kappa shape index (κ2) is 4.25. The van der Waals surface area contributed by atoms with Crippen LogP contribution in [0.15, 0.2) is 18.9 Å². The smallest absolute Gasteiger partial charge is 0.342 e. The molecular formula is C5H7N4O4P. The van der Waals surface area contributed by atoms with Gasteiger partial charge < -0.3 is 19.7 Å². The Hall–Kier alpha value is -1.34. The molecule has 9 heteroatoms. The summed E-state index contributed by atoms with van der Waals surface area (Å²) in [6, 6.07) is 0. The molecule has 0 saturated carbocycles. The molecule has 0 saturated heterocycles. The zero-order chi connectivity index (χ0) is 10.6. The average molecular weight is 218 g/mol. The highest BCUT2D eigenvalue weighted by molar-refractivity contribution is 7.45. The van der Waals surface area contributed by atoms with Crippen LogP contribution in [-0.4, -0.2) is 34.6 Å². The number of aromatic amines is 1. The van der Waals surface area contributed by atoms with Gasteiger partial charge in [0.25, 0.3) is 0 Å². The first kappa shape index (κ1) is 10.7. The number of nitrogens with one attached hydrogen (secondary N) is 1. The molecule has 0 aliphatic heterocycles. The van der Waals surface area contributed by atoms with Crippen molar-refractivity contribution in [2.24, 2.45) is 0 Å². The number of fused-ring (bicyclic) bond motifs is 1. The first-order valence-corrected chi connectivity index (χ1v) is 4.91. The Labute approximate surface area is 77.9 Å². The second-order valence-corrected chi connectivity index (χ2v) is 3.20. The molecule has 0 aliphatic rings. The summed E-state index contributed by atoms with van der Waals surface area (Å²) in [5.74, 6) is 0. The molecule has 2 aromatic rings. The predicted octanol–water partition coefficient (Wildman–Crippen LogP) is -0.576. The lowest BCUT2D eigenvalue weighted by molar-refractivity contribution is 0.275. The SMILES string of the molecule is O=P(O)(O)O.c1ncc2[nH]cnc2n1. The van der Waals surface area contributed by atoms with Crippen molar-refractivity contribution in [2.45, 2.75) is 0 Å². The summed E-state index contributed by atoms with van der Waals surface area (Å²) < 4.78 is 8.88. The Morgan fingerprint density at radius 2 is 1.93 bits per heavy atom. The number of H-pyrrole nitrogens is 1. The third-order valence-corrected chi connectivity index (χ3v) is 1.10. The van der Waals surface area contributed by atoms with Gasteiger partial charge in [-0.1, -0.05) is 0 Å². The van der Waals surface area contributed by atoms with Crippen molar-refractivity contribution >= 4 is 19.0 Å². The number of nitrogens with zero attached hydrogens (tertiary/aromatic N) is 3. The van der Waals surface area contributed by atoms with Crippen molar-refractivity contribution in [3.8, 4) is 0 Å². The molecule has 0 radical (unpaired) electrons. The Morgan fingerprint density at radius 1 is 1.29 bits per heavy atom. The summed E-state index contributed by atoms with van der Waals surface area (Å²) in [5, 5.41) is 0. The van der Waals surface area contributed by atoms with E-state index >= 15 is 0 Å². The Kier molecular flexibility index (Phi) is 3.26. The van der Waals surface area contributed by atoms with Crippen LogP contribution >= 0.6 is 7.82 Å². The summed E-state index contributed by atoms with van der Waals surface area (Å²) in [7, 11) is -4.64. The van der Waals surface area contributed by atoms with E-state index in [1.165, 1.54) is 6.33 Å². The standard InChI is InChI=1S/C5H4N4.H3O4P/c1-4-5(8-2-6-1)9-3-7-4;1-5(2,3)4/h1-3H,(H,6,7,8,9);(H3,1,2,3,4). The first-order valence-electron chi connectivity index (χ1n) is 3.34. The molecule has 76 valence electrons. The van der Waals surface area contributed by atoms with Gasteiger partial charge in [-0.15, -0.1) is 0 Å². The number of hydrogen-bond donors (Lipinski definition) is 4. The molecule has 8 nitrogen and oxygen atoms in total. The first-order chi connectivity index (χ1) is 6.47. The van der Waals surface area contributed by atoms with Crippen molar-refractivity contribution in [3.63, 3.8) is 0 Å². The summed E-state index contributed by atoms with van der Waals surface area (Å²) >= 11 is 0. The summed E-state index contributed by atoms with van der Waals surface area (Å²) in [6.07, 6.45) is 4.76. The van der Waals surface area contributed by atoms with Gasteiger partial charge in [-0.05, 0) is 0 Å². The lowest BCUT2D eigenvalue weighted by atomic mass is 10.6. The van der Waals surface area contributed by atoms with Crippen LogP contribution in [0.1, 0.15) is 0 Å². The van der Waals surface area contributed by atoms with Crippen LogP contribution in [0.25, 0.3) is 11.2 Å². The number of aromatic nitrogens is 4. The van der Waals surface area contributed by atoms with Gasteiger partial charge in [-0.25, -0.2) is 19.5 Å². The van der Waals surface area contributed by atoms with Gasteiger partial charge in [-0.2, -0.15) is 0 Å². The Balaban J connectivity index is 0.000000171. The molecule has 2 heterocycles. The Morgan fingerprint density at radius 3 is 2.50 bits per heavy atom. The van der Waals surface area contributed by atoms with Gasteiger partial charge in [0, 0.05) is 0 Å². The van der Waals surface area contributed by atoms with E-state index in [1.54, 1.807) is 12.5 Å². The van der Waals surface area contributed by atoms with Crippen molar-refractivity contribution in [1.29, 1.82) is 0 Å². The molecule has 14 heavy (non-hydrogen) atoms. The van der Waals surface area contributed by atoms with Gasteiger partial charge >= 0.3 is 7.82 Å². The zero-order valence-corrected chi connectivity index (χ0v) is 7.67. The molecule has 4 N–H and O–H groups in total. The number of phosphoric acid groups is 1. The highest BCUT2D eigenvalue weighted by Crippen LogP contribution is 2.25. The molecule has 0 bridgehead atoms. The van der Waals surface area contributed by atoms with Crippen molar-refractivity contribution in [3.05, 3.63) is 18.9 Å². The fourth-order valence-electron chi connectivity index (χ4n) is 0.691. The summed E-state index contributed by atoms with van der Waals surface area (Å²) in [6.45, 7) is 0. The molecule has 0 amide bonds. The van der Waals surface area contributed by atoms with Crippen LogP contribution in [0.2, 0.25) is 0 Å². The Bertz CT molecular complexity index is 413. The second-order valence-electron chi connectivity index (χ2n) is 2.18. The number of imidazole rings is 1. The van der Waals surface area contributed by atoms with Crippen LogP contribution in [0, 0.1) is 0 Å². The van der Waals surface area contributed by atoms with Gasteiger partial charge in [0.15, 0.2) is 5.65 Å². The van der Waals surface area contributed by atoms with E-state index in [0.717, 1.165) is 5.52 Å². The highest BCUT2D eigenvalue weighted by Gasteiger charge is 2.00. The quantitative estimate of drug-likeness (QED) is 0.435. The fourth-order valence-corrected chi connectivity index (χ4v) is 0.691. The summed E-state index contributed by atoms with van der Waals surface area (Å²) in [5.41, 5.74) is 1.59. The topological polar surface area (TPSA) is 132 Å². The molecule has 0 fully saturated rings. The maximum Gasteiger partial charge on any atom is 0.466 e. The van der Waals surface area contributed by atoms with Crippen LogP contribution in [0.3, 0.4) is 0 Å². The zero-order valence-electron chi connectivity index (χ0n) is 6.77. The highest BCUT2D eigenvalue weighted by atomic mass is 31.2. The molecule has 0 atom stereocenters. The van der Waals surface area contributed by atoms with Gasteiger partial charge in [-0.3, -0.25) is 0 Å². The van der Waals surface area contributed by atoms with Gasteiger partial charge in [0.05, 0.1) is 12.5 Å². The van der Waals surface area contributed by atoms with Crippen molar-refractivity contribution < 1.29 is 19.2 Å². The lowest BCUT2D eigenvalue weighted by Crippen LogP contribution is -1.76. The monoisotopic (exact) mass is 218 g/mol. The van der Waals surface area contributed by atoms with E-state index in [1.807, 2.05) is 0 Å². The fraction of sp³-hybridized carbons (Fsp3) is 0. The summed E-state index contributed by atoms with van der Waals surface area (Å²) in [4.78, 5) is 36.0. The molecule has 0 aliphatic carbocycles. The average Bonchev–Trinajstić information content (AvgIpc) is 2.47. The molecule has 2 rings (SSSR count). The van der Waals surface area contributed by atoms with Crippen LogP contribution in [0.5, 0.6) is 0 Å². The van der Waals surface area contributed by atoms with Crippen LogP contribution < -0.4 is 0 Å². The van der Waals surface area contributed by atoms with Crippen LogP contribution in [-0.2, 0) is 4.57 Å². The molecule has 0 aromatic carbocycles. The third-order valence-electron chi connectivity index (χ3n) is 1.10. The molecule has 0 unspecified atom stereocenters. The van der Waals surface area contributed by atoms with E-state index in [9.17, 15) is 0 Å². The minimum Gasteiger partial charge on any atom is -0.342 e. The number of hydrogen-bond acceptors (Lipinski definition) is 4. The molecule has 0 spiro atoms. The minimum atomic E-state index is -4.64. The molecular weight excluding hydrogens is 211 g/mol. The van der Waals surface area contributed by atoms with Gasteiger partial charge in [0.2, 0.25) is 0 Å². The van der Waals surface area contributed by atoms with Crippen molar-refractivity contribution in [2.75, 3.05) is 0 Å². The third kappa shape index (κ3) is 4.06. The predicted molar refractivity (Wildman–Crippen MR) is 45.9 cm³/mol. The lowest BCUT2D eigenvalue weighted by Gasteiger charge is -1.82. The number of rotatable bonds is 0. The van der Waals surface area contributed by atoms with E-state index < -0.39 is 7.82 Å². The van der Waals surface area contributed by atoms with E-state index in [0.29, 0.717) is 5.65 Å². The minimum absolute atomic E-state index is 0.713. The van der Waals surface area contributed by atoms with Crippen molar-refractivity contribution in [1.82, 2.24) is 19.9 Å². The maximum absolute atomic E-state index is 8.88. The van der Waals surface area contributed by atoms with Crippen LogP contribution in [0.4, 0.5) is 0 Å². The van der Waals surface area contributed by atoms with Gasteiger partial charge in [0.1, 0.15) is 11.8 Å². The largest absolute Gasteiger partial charge is 0.466 e.